The van der Waals surface area contributed by atoms with E-state index in [9.17, 15) is 31.9 Å². The molecule has 15 heteroatoms. The molecule has 0 bridgehead atoms. The molecule has 3 aliphatic rings. The Kier molecular flexibility index (Phi) is 29.3. The van der Waals surface area contributed by atoms with Crippen LogP contribution in [0.1, 0.15) is 221 Å². The predicted octanol–water partition coefficient (Wildman–Crippen LogP) is 13.9. The summed E-state index contributed by atoms with van der Waals surface area (Å²) >= 11 is 0. The van der Waals surface area contributed by atoms with Gasteiger partial charge in [0.05, 0.1) is 29.9 Å². The maximum atomic E-state index is 13.2. The Bertz CT molecular complexity index is 1760. The second kappa shape index (κ2) is 31.2. The molecule has 4 N–H and O–H groups in total. The third-order valence-electron chi connectivity index (χ3n) is 12.4. The number of carbonyl (C=O) groups excluding carboxylic acids is 3. The maximum absolute atomic E-state index is 13.2. The summed E-state index contributed by atoms with van der Waals surface area (Å²) in [5, 5.41) is 16.7. The number of rotatable bonds is 16. The van der Waals surface area contributed by atoms with E-state index in [0.29, 0.717) is 23.1 Å². The molecular formula is C52H91F4N7O4. The van der Waals surface area contributed by atoms with E-state index in [2.05, 4.69) is 81.1 Å². The summed E-state index contributed by atoms with van der Waals surface area (Å²) < 4.78 is 58.3. The molecule has 2 amide bonds. The monoisotopic (exact) mass is 954 g/mol. The Labute approximate surface area is 402 Å². The summed E-state index contributed by atoms with van der Waals surface area (Å²) in [6, 6.07) is 0.783. The Morgan fingerprint density at radius 2 is 1.61 bits per heavy atom. The van der Waals surface area contributed by atoms with Gasteiger partial charge in [0.25, 0.3) is 5.91 Å². The van der Waals surface area contributed by atoms with Gasteiger partial charge in [-0.15, -0.1) is 0 Å². The number of allylic oxidation sites excluding steroid dienone is 2. The average molecular weight is 954 g/mol. The van der Waals surface area contributed by atoms with Crippen LogP contribution in [0.5, 0.6) is 0 Å². The Morgan fingerprint density at radius 1 is 1.00 bits per heavy atom. The van der Waals surface area contributed by atoms with E-state index in [1.807, 2.05) is 34.6 Å². The van der Waals surface area contributed by atoms with Gasteiger partial charge in [0.15, 0.2) is 0 Å². The van der Waals surface area contributed by atoms with Gasteiger partial charge in [-0.3, -0.25) is 19.1 Å². The molecular weight excluding hydrogens is 863 g/mol. The summed E-state index contributed by atoms with van der Waals surface area (Å²) in [5.41, 5.74) is 2.69. The van der Waals surface area contributed by atoms with Crippen LogP contribution in [0.2, 0.25) is 0 Å². The van der Waals surface area contributed by atoms with Crippen LogP contribution < -0.4 is 10.6 Å². The van der Waals surface area contributed by atoms with E-state index in [-0.39, 0.29) is 55.4 Å². The van der Waals surface area contributed by atoms with Crippen molar-refractivity contribution in [2.45, 2.75) is 225 Å². The lowest BCUT2D eigenvalue weighted by atomic mass is 9.88. The fourth-order valence-electron chi connectivity index (χ4n) is 7.20. The number of ether oxygens (including phenoxy) is 1. The minimum Gasteiger partial charge on any atom is -0.460 e. The summed E-state index contributed by atoms with van der Waals surface area (Å²) in [6.07, 6.45) is 13.2. The molecule has 3 fully saturated rings. The standard InChI is InChI=1S/C17H21F4N5O.C11H22.C8H15N.C6H11NO.C6H12O2.C4H10/c1-11-22-10-13(24-11)12(2-4-16(5-6-16)17(19,20)21)25-15(27)14-3-8-23-26(14)9-7-18;1-4-6-11(7-8-11)9-10(3)5-2;1-5-6(2)7(3)8(4)9;1-5-2-3-6(8)7-4-5;1-5(7)8-6(2,3)4;1-3-4-2/h3,8,10,12H,2,4-7,9H2,1H3,(H,22,24)(H,25,27);10H,4-9H2,1-3H3;9H,5H2,1-4H3;5H,2-4H2,1H3,(H,7,8);1-4H3;3-4H2,1-2H3. The number of aromatic amines is 1. The number of nitrogens with one attached hydrogen (secondary N) is 4. The van der Waals surface area contributed by atoms with Crippen LogP contribution in [0.15, 0.2) is 29.6 Å². The van der Waals surface area contributed by atoms with Crippen molar-refractivity contribution < 1.29 is 36.7 Å². The third kappa shape index (κ3) is 26.3. The molecule has 2 aliphatic carbocycles. The van der Waals surface area contributed by atoms with Gasteiger partial charge in [-0.2, -0.15) is 18.3 Å². The van der Waals surface area contributed by atoms with Gasteiger partial charge < -0.3 is 25.8 Å². The topological polar surface area (TPSA) is 155 Å². The van der Waals surface area contributed by atoms with E-state index in [0.717, 1.165) is 42.7 Å². The largest absolute Gasteiger partial charge is 0.460 e. The molecule has 67 heavy (non-hydrogen) atoms. The minimum absolute atomic E-state index is 0.0687. The highest BCUT2D eigenvalue weighted by molar-refractivity contribution is 5.95. The molecule has 2 aromatic rings. The van der Waals surface area contributed by atoms with Crippen LogP contribution in [-0.2, 0) is 20.9 Å². The molecule has 1 saturated heterocycles. The third-order valence-corrected chi connectivity index (χ3v) is 12.4. The van der Waals surface area contributed by atoms with Crippen LogP contribution >= 0.6 is 0 Å². The van der Waals surface area contributed by atoms with Crippen LogP contribution in [0.4, 0.5) is 17.6 Å². The first-order chi connectivity index (χ1) is 31.2. The van der Waals surface area contributed by atoms with Crippen molar-refractivity contribution in [3.63, 3.8) is 0 Å². The van der Waals surface area contributed by atoms with Crippen molar-refractivity contribution >= 4 is 23.5 Å². The number of aryl methyl sites for hydroxylation is 2. The summed E-state index contributed by atoms with van der Waals surface area (Å²) in [7, 11) is 0. The van der Waals surface area contributed by atoms with Gasteiger partial charge in [0, 0.05) is 31.8 Å². The van der Waals surface area contributed by atoms with Crippen LogP contribution in [0, 0.1) is 35.0 Å². The molecule has 5 rings (SSSR count). The van der Waals surface area contributed by atoms with Gasteiger partial charge in [-0.05, 0) is 142 Å². The maximum Gasteiger partial charge on any atom is 0.394 e. The van der Waals surface area contributed by atoms with Gasteiger partial charge in [-0.1, -0.05) is 79.7 Å². The summed E-state index contributed by atoms with van der Waals surface area (Å²) in [4.78, 5) is 40.4. The zero-order valence-electron chi connectivity index (χ0n) is 44.2. The number of aromatic nitrogens is 4. The molecule has 11 nitrogen and oxygen atoms in total. The molecule has 3 heterocycles. The quantitative estimate of drug-likeness (QED) is 0.0746. The molecule has 0 radical (unpaired) electrons. The van der Waals surface area contributed by atoms with Gasteiger partial charge in [-0.25, -0.2) is 9.37 Å². The number of halogens is 4. The lowest BCUT2D eigenvalue weighted by Gasteiger charge is -2.23. The van der Waals surface area contributed by atoms with E-state index in [1.54, 1.807) is 6.92 Å². The molecule has 3 atom stereocenters. The zero-order valence-corrected chi connectivity index (χ0v) is 44.2. The Morgan fingerprint density at radius 3 is 1.96 bits per heavy atom. The molecule has 1 aliphatic heterocycles. The Balaban J connectivity index is 0.000000898. The van der Waals surface area contributed by atoms with E-state index in [1.165, 1.54) is 87.0 Å². The van der Waals surface area contributed by atoms with Crippen LogP contribution in [0.25, 0.3) is 0 Å². The van der Waals surface area contributed by atoms with Crippen molar-refractivity contribution in [2.75, 3.05) is 13.2 Å². The lowest BCUT2D eigenvalue weighted by molar-refractivity contribution is -0.189. The number of esters is 1. The van der Waals surface area contributed by atoms with E-state index < -0.39 is 30.2 Å². The highest BCUT2D eigenvalue weighted by atomic mass is 19.4. The van der Waals surface area contributed by atoms with Gasteiger partial charge in [0.2, 0.25) is 5.91 Å². The number of hydrogen-bond donors (Lipinski definition) is 4. The number of hydrogen-bond acceptors (Lipinski definition) is 7. The molecule has 3 unspecified atom stereocenters. The number of nitrogens with zero attached hydrogens (tertiary/aromatic N) is 3. The first kappa shape index (κ1) is 63.0. The second-order valence-corrected chi connectivity index (χ2v) is 19.9. The molecule has 0 spiro atoms. The van der Waals surface area contributed by atoms with Crippen molar-refractivity contribution in [3.8, 4) is 0 Å². The van der Waals surface area contributed by atoms with Crippen molar-refractivity contribution in [1.29, 1.82) is 5.41 Å². The number of alkyl halides is 4. The normalized spacial score (nSPS) is 17.7. The highest BCUT2D eigenvalue weighted by Gasteiger charge is 2.62. The SMILES string of the molecule is CC(=O)OC(C)(C)C.CC1CCC(=O)NC1.CCC(C)=C(C)C(C)=N.CCCC.CCCC1(CC(C)CC)CC1.Cc1ncc(C(CCC2(C(F)(F)F)CC2)NC(=O)c2ccnn2CCF)[nH]1. The second-order valence-electron chi connectivity index (χ2n) is 19.9. The predicted molar refractivity (Wildman–Crippen MR) is 265 cm³/mol. The number of imidazole rings is 1. The first-order valence-electron chi connectivity index (χ1n) is 24.8. The number of unbranched alkanes of at least 4 members (excludes halogenated alkanes) is 1. The zero-order chi connectivity index (χ0) is 51.6. The van der Waals surface area contributed by atoms with Crippen molar-refractivity contribution in [1.82, 2.24) is 30.4 Å². The highest BCUT2D eigenvalue weighted by Crippen LogP contribution is 2.61. The molecule has 0 aromatic carbocycles. The van der Waals surface area contributed by atoms with Gasteiger partial charge in [0.1, 0.15) is 23.8 Å². The summed E-state index contributed by atoms with van der Waals surface area (Å²) in [6.45, 7) is 30.3. The van der Waals surface area contributed by atoms with E-state index >= 15 is 0 Å². The first-order valence-corrected chi connectivity index (χ1v) is 24.8. The molecule has 386 valence electrons. The van der Waals surface area contributed by atoms with E-state index in [4.69, 9.17) is 10.1 Å². The fraction of sp³-hybridized carbons (Fsp3) is 0.769. The summed E-state index contributed by atoms with van der Waals surface area (Å²) in [5.74, 6) is 1.72. The fourth-order valence-corrected chi connectivity index (χ4v) is 7.20. The van der Waals surface area contributed by atoms with Gasteiger partial charge >= 0.3 is 12.1 Å². The van der Waals surface area contributed by atoms with Crippen molar-refractivity contribution in [2.24, 2.45) is 22.7 Å². The minimum atomic E-state index is -4.24. The van der Waals surface area contributed by atoms with Crippen LogP contribution in [-0.4, -0.2) is 68.2 Å². The number of amides is 2. The average Bonchev–Trinajstić information content (AvgIpc) is 4.12. The number of H-pyrrole nitrogens is 1. The molecule has 2 aromatic heterocycles. The smallest absolute Gasteiger partial charge is 0.394 e. The number of piperidine rings is 1. The number of carbonyl (C=O) groups is 3. The Hall–Kier alpha value is -4.04. The van der Waals surface area contributed by atoms with Crippen molar-refractivity contribution in [3.05, 3.63) is 46.8 Å². The molecule has 2 saturated carbocycles. The lowest BCUT2D eigenvalue weighted by Crippen LogP contribution is -2.33. The van der Waals surface area contributed by atoms with Crippen LogP contribution in [0.3, 0.4) is 0 Å².